The van der Waals surface area contributed by atoms with Crippen LogP contribution in [0.1, 0.15) is 17.0 Å². The molecule has 3 nitrogen and oxygen atoms in total. The number of benzene rings is 1. The van der Waals surface area contributed by atoms with Crippen LogP contribution in [-0.4, -0.2) is 10.2 Å². The Balaban J connectivity index is 2.13. The van der Waals surface area contributed by atoms with Gasteiger partial charge in [-0.25, -0.2) is 0 Å². The van der Waals surface area contributed by atoms with Gasteiger partial charge < -0.3 is 5.32 Å². The van der Waals surface area contributed by atoms with Crippen molar-refractivity contribution in [1.29, 1.82) is 0 Å². The van der Waals surface area contributed by atoms with E-state index in [1.54, 1.807) is 0 Å². The Labute approximate surface area is 119 Å². The Hall–Kier alpha value is -0.750. The quantitative estimate of drug-likeness (QED) is 0.814. The maximum Gasteiger partial charge on any atom is 0.0648 e. The van der Waals surface area contributed by atoms with E-state index >= 15 is 0 Å². The standard InChI is InChI=1S/C12H13ClIN3/c1-7-10(8(2)17-16-7)6-15-12-4-3-9(14)5-11(12)13/h3-5,15H,6H2,1-2H3,(H,16,17). The van der Waals surface area contributed by atoms with Crippen LogP contribution in [-0.2, 0) is 6.54 Å². The minimum Gasteiger partial charge on any atom is -0.380 e. The molecule has 0 saturated heterocycles. The fourth-order valence-corrected chi connectivity index (χ4v) is 2.57. The Morgan fingerprint density at radius 3 is 2.76 bits per heavy atom. The molecule has 2 N–H and O–H groups in total. The average Bonchev–Trinajstić information content (AvgIpc) is 2.58. The summed E-state index contributed by atoms with van der Waals surface area (Å²) in [6.07, 6.45) is 0. The maximum atomic E-state index is 6.16. The monoisotopic (exact) mass is 361 g/mol. The molecule has 90 valence electrons. The molecule has 0 radical (unpaired) electrons. The van der Waals surface area contributed by atoms with Crippen molar-refractivity contribution in [3.8, 4) is 0 Å². The third-order valence-corrected chi connectivity index (χ3v) is 3.65. The summed E-state index contributed by atoms with van der Waals surface area (Å²) >= 11 is 8.40. The normalized spacial score (nSPS) is 10.6. The molecule has 0 aliphatic rings. The predicted molar refractivity (Wildman–Crippen MR) is 79.6 cm³/mol. The summed E-state index contributed by atoms with van der Waals surface area (Å²) in [5, 5.41) is 11.2. The van der Waals surface area contributed by atoms with Gasteiger partial charge in [-0.15, -0.1) is 0 Å². The molecular weight excluding hydrogens is 349 g/mol. The predicted octanol–water partition coefficient (Wildman–Crippen LogP) is 3.90. The van der Waals surface area contributed by atoms with Crippen molar-refractivity contribution in [3.63, 3.8) is 0 Å². The van der Waals surface area contributed by atoms with Gasteiger partial charge in [0.2, 0.25) is 0 Å². The highest BCUT2D eigenvalue weighted by Gasteiger charge is 2.07. The summed E-state index contributed by atoms with van der Waals surface area (Å²) in [6.45, 7) is 4.75. The molecular formula is C12H13ClIN3. The fourth-order valence-electron chi connectivity index (χ4n) is 1.65. The highest BCUT2D eigenvalue weighted by Crippen LogP contribution is 2.24. The first-order chi connectivity index (χ1) is 8.08. The minimum atomic E-state index is 0.731. The van der Waals surface area contributed by atoms with E-state index in [1.165, 1.54) is 5.56 Å². The highest BCUT2D eigenvalue weighted by molar-refractivity contribution is 14.1. The van der Waals surface area contributed by atoms with E-state index in [0.717, 1.165) is 32.2 Å². The molecule has 0 bridgehead atoms. The lowest BCUT2D eigenvalue weighted by molar-refractivity contribution is 1.02. The van der Waals surface area contributed by atoms with Crippen LogP contribution < -0.4 is 5.32 Å². The number of aromatic nitrogens is 2. The Bertz CT molecular complexity index is 517. The molecule has 17 heavy (non-hydrogen) atoms. The van der Waals surface area contributed by atoms with Crippen molar-refractivity contribution in [1.82, 2.24) is 10.2 Å². The van der Waals surface area contributed by atoms with Gasteiger partial charge in [-0.3, -0.25) is 5.10 Å². The number of nitrogens with zero attached hydrogens (tertiary/aromatic N) is 1. The van der Waals surface area contributed by atoms with Gasteiger partial charge in [0.25, 0.3) is 0 Å². The number of hydrogen-bond donors (Lipinski definition) is 2. The van der Waals surface area contributed by atoms with Crippen LogP contribution in [0.5, 0.6) is 0 Å². The maximum absolute atomic E-state index is 6.16. The second-order valence-electron chi connectivity index (χ2n) is 3.89. The smallest absolute Gasteiger partial charge is 0.0648 e. The van der Waals surface area contributed by atoms with E-state index in [2.05, 4.69) is 38.1 Å². The Kier molecular flexibility index (Phi) is 3.93. The van der Waals surface area contributed by atoms with Crippen LogP contribution >= 0.6 is 34.2 Å². The fraction of sp³-hybridized carbons (Fsp3) is 0.250. The molecule has 0 aliphatic carbocycles. The number of nitrogens with one attached hydrogen (secondary N) is 2. The summed E-state index contributed by atoms with van der Waals surface area (Å²) in [5.74, 6) is 0. The number of aryl methyl sites for hydroxylation is 2. The molecule has 0 amide bonds. The third kappa shape index (κ3) is 2.93. The second kappa shape index (κ2) is 5.27. The molecule has 0 saturated carbocycles. The van der Waals surface area contributed by atoms with E-state index in [-0.39, 0.29) is 0 Å². The van der Waals surface area contributed by atoms with Crippen LogP contribution in [0.15, 0.2) is 18.2 Å². The van der Waals surface area contributed by atoms with Gasteiger partial charge in [-0.1, -0.05) is 11.6 Å². The van der Waals surface area contributed by atoms with Crippen LogP contribution in [0.4, 0.5) is 5.69 Å². The van der Waals surface area contributed by atoms with Gasteiger partial charge in [-0.2, -0.15) is 5.10 Å². The number of rotatable bonds is 3. The molecule has 1 aromatic carbocycles. The van der Waals surface area contributed by atoms with Crippen molar-refractivity contribution < 1.29 is 0 Å². The van der Waals surface area contributed by atoms with E-state index in [0.29, 0.717) is 0 Å². The number of halogens is 2. The zero-order valence-electron chi connectivity index (χ0n) is 9.64. The molecule has 0 aliphatic heterocycles. The summed E-state index contributed by atoms with van der Waals surface area (Å²) in [4.78, 5) is 0. The van der Waals surface area contributed by atoms with Crippen molar-refractivity contribution in [2.75, 3.05) is 5.32 Å². The van der Waals surface area contributed by atoms with Crippen molar-refractivity contribution in [2.45, 2.75) is 20.4 Å². The van der Waals surface area contributed by atoms with Crippen molar-refractivity contribution >= 4 is 39.9 Å². The molecule has 1 heterocycles. The van der Waals surface area contributed by atoms with Crippen molar-refractivity contribution in [2.24, 2.45) is 0 Å². The Morgan fingerprint density at radius 1 is 1.41 bits per heavy atom. The van der Waals surface area contributed by atoms with Gasteiger partial charge in [0, 0.05) is 21.4 Å². The first-order valence-electron chi connectivity index (χ1n) is 5.27. The second-order valence-corrected chi connectivity index (χ2v) is 5.54. The molecule has 0 spiro atoms. The number of anilines is 1. The van der Waals surface area contributed by atoms with E-state index in [9.17, 15) is 0 Å². The summed E-state index contributed by atoms with van der Waals surface area (Å²) < 4.78 is 1.13. The van der Waals surface area contributed by atoms with Gasteiger partial charge in [0.05, 0.1) is 16.4 Å². The van der Waals surface area contributed by atoms with Crippen LogP contribution in [0.3, 0.4) is 0 Å². The number of aromatic amines is 1. The topological polar surface area (TPSA) is 40.7 Å². The first-order valence-corrected chi connectivity index (χ1v) is 6.73. The van der Waals surface area contributed by atoms with Gasteiger partial charge in [0.15, 0.2) is 0 Å². The van der Waals surface area contributed by atoms with E-state index in [4.69, 9.17) is 11.6 Å². The average molecular weight is 362 g/mol. The van der Waals surface area contributed by atoms with Gasteiger partial charge in [0.1, 0.15) is 0 Å². The molecule has 1 aromatic heterocycles. The van der Waals surface area contributed by atoms with Crippen LogP contribution in [0.25, 0.3) is 0 Å². The Morgan fingerprint density at radius 2 is 2.18 bits per heavy atom. The lowest BCUT2D eigenvalue weighted by Gasteiger charge is -2.08. The molecule has 2 aromatic rings. The third-order valence-electron chi connectivity index (χ3n) is 2.67. The van der Waals surface area contributed by atoms with Crippen LogP contribution in [0, 0.1) is 17.4 Å². The number of H-pyrrole nitrogens is 1. The lowest BCUT2D eigenvalue weighted by atomic mass is 10.2. The first kappa shape index (κ1) is 12.7. The van der Waals surface area contributed by atoms with Crippen LogP contribution in [0.2, 0.25) is 5.02 Å². The molecule has 2 rings (SSSR count). The van der Waals surface area contributed by atoms with Gasteiger partial charge in [-0.05, 0) is 54.6 Å². The zero-order valence-corrected chi connectivity index (χ0v) is 12.6. The largest absolute Gasteiger partial charge is 0.380 e. The molecule has 0 atom stereocenters. The molecule has 0 fully saturated rings. The van der Waals surface area contributed by atoms with E-state index in [1.807, 2.05) is 32.0 Å². The SMILES string of the molecule is Cc1n[nH]c(C)c1CNc1ccc(I)cc1Cl. The number of hydrogen-bond acceptors (Lipinski definition) is 2. The molecule has 5 heteroatoms. The summed E-state index contributed by atoms with van der Waals surface area (Å²) in [6, 6.07) is 5.97. The van der Waals surface area contributed by atoms with Gasteiger partial charge >= 0.3 is 0 Å². The lowest BCUT2D eigenvalue weighted by Crippen LogP contribution is -2.02. The zero-order chi connectivity index (χ0) is 12.4. The highest BCUT2D eigenvalue weighted by atomic mass is 127. The van der Waals surface area contributed by atoms with E-state index < -0.39 is 0 Å². The summed E-state index contributed by atoms with van der Waals surface area (Å²) in [5.41, 5.74) is 4.26. The summed E-state index contributed by atoms with van der Waals surface area (Å²) in [7, 11) is 0. The minimum absolute atomic E-state index is 0.731. The molecule has 0 unspecified atom stereocenters. The van der Waals surface area contributed by atoms with Crippen molar-refractivity contribution in [3.05, 3.63) is 43.7 Å².